The molecule has 0 spiro atoms. The van der Waals surface area contributed by atoms with E-state index in [0.29, 0.717) is 45.5 Å². The van der Waals surface area contributed by atoms with Gasteiger partial charge in [-0.25, -0.2) is 19.9 Å². The Labute approximate surface area is 841 Å². The Balaban J connectivity index is 0.000000114. The fourth-order valence-corrected chi connectivity index (χ4v) is 20.4. The number of nitrogens with zero attached hydrogens (tertiary/aromatic N) is 20. The number of carbonyl (C=O) groups is 4. The first kappa shape index (κ1) is 95.7. The van der Waals surface area contributed by atoms with Crippen molar-refractivity contribution in [2.24, 2.45) is 0 Å². The number of hydrogen-bond donors (Lipinski definition) is 9. The van der Waals surface area contributed by atoms with Gasteiger partial charge in [0.15, 0.2) is 22.8 Å². The number of piperidine rings is 6. The zero-order valence-corrected chi connectivity index (χ0v) is 81.7. The third-order valence-corrected chi connectivity index (χ3v) is 28.6. The third-order valence-electron chi connectivity index (χ3n) is 28.6. The van der Waals surface area contributed by atoms with Gasteiger partial charge in [-0.15, -0.1) is 0 Å². The molecule has 16 aromatic rings. The van der Waals surface area contributed by atoms with Gasteiger partial charge in [-0.3, -0.25) is 69.3 Å². The van der Waals surface area contributed by atoms with Crippen molar-refractivity contribution in [2.45, 2.75) is 135 Å². The Bertz CT molecular complexity index is 6940. The fraction of sp³-hybridized carbons (Fsp3) is 0.351. The van der Waals surface area contributed by atoms with Crippen LogP contribution in [0.2, 0.25) is 0 Å². The van der Waals surface area contributed by atoms with Crippen LogP contribution in [0.5, 0.6) is 0 Å². The van der Waals surface area contributed by atoms with E-state index in [0.717, 1.165) is 272 Å². The number of anilines is 10. The number of pyridine rings is 8. The molecule has 8 aliphatic heterocycles. The van der Waals surface area contributed by atoms with Crippen LogP contribution in [-0.4, -0.2) is 243 Å². The molecule has 0 bridgehead atoms. The largest absolute Gasteiger partial charge is 0.393 e. The van der Waals surface area contributed by atoms with Crippen molar-refractivity contribution in [2.75, 3.05) is 169 Å². The third kappa shape index (κ3) is 23.4. The van der Waals surface area contributed by atoms with Crippen LogP contribution in [0.25, 0.3) is 88.1 Å². The van der Waals surface area contributed by atoms with Crippen molar-refractivity contribution in [1.82, 2.24) is 90.5 Å². The van der Waals surface area contributed by atoms with Gasteiger partial charge in [0.2, 0.25) is 0 Å². The molecule has 34 heteroatoms. The summed E-state index contributed by atoms with van der Waals surface area (Å²) >= 11 is 0. The van der Waals surface area contributed by atoms with Gasteiger partial charge in [0.1, 0.15) is 23.3 Å². The number of nitrogens with one attached hydrogen (secondary N) is 8. The summed E-state index contributed by atoms with van der Waals surface area (Å²) in [7, 11) is 0. The van der Waals surface area contributed by atoms with Crippen molar-refractivity contribution in [3.05, 3.63) is 254 Å². The minimum absolute atomic E-state index is 0.182. The molecular weight excluding hydrogens is 1820 g/mol. The van der Waals surface area contributed by atoms with Crippen molar-refractivity contribution < 1.29 is 29.0 Å². The lowest BCUT2D eigenvalue weighted by molar-refractivity contribution is 0.0792. The first-order valence-corrected chi connectivity index (χ1v) is 51.4. The van der Waals surface area contributed by atoms with Crippen molar-refractivity contribution in [3.63, 3.8) is 0 Å². The number of benzene rings is 4. The van der Waals surface area contributed by atoms with E-state index >= 15 is 0 Å². The second-order valence-corrected chi connectivity index (χ2v) is 38.8. The van der Waals surface area contributed by atoms with Gasteiger partial charge in [0.25, 0.3) is 23.6 Å². The van der Waals surface area contributed by atoms with Crippen LogP contribution in [-0.2, 0) is 17.8 Å². The quantitative estimate of drug-likeness (QED) is 0.0304. The zero-order valence-electron chi connectivity index (χ0n) is 81.7. The lowest BCUT2D eigenvalue weighted by Gasteiger charge is -2.30. The molecule has 742 valence electrons. The monoisotopic (exact) mass is 1940 g/mol. The molecule has 4 amide bonds. The van der Waals surface area contributed by atoms with E-state index in [1.165, 1.54) is 108 Å². The number of hydrogen-bond acceptors (Lipinski definition) is 26. The summed E-state index contributed by atoms with van der Waals surface area (Å²) in [6.07, 6.45) is 43.1. The highest BCUT2D eigenvalue weighted by atomic mass is 16.5. The number of aliphatic hydroxyl groups excluding tert-OH is 1. The smallest absolute Gasteiger partial charge is 0.276 e. The Morgan fingerprint density at radius 3 is 0.855 bits per heavy atom. The number of likely N-dealkylation sites (tertiary alicyclic amines) is 2. The molecule has 8 aliphatic rings. The fourth-order valence-electron chi connectivity index (χ4n) is 20.4. The minimum atomic E-state index is -0.278. The Kier molecular flexibility index (Phi) is 29.9. The maximum absolute atomic E-state index is 13.2. The number of morpholine rings is 1. The number of aliphatic hydroxyl groups is 1. The van der Waals surface area contributed by atoms with Crippen molar-refractivity contribution in [3.8, 4) is 44.5 Å². The van der Waals surface area contributed by atoms with E-state index in [4.69, 9.17) is 4.74 Å². The standard InChI is InChI=1S/C29H33N7O2.C28H31N7O.C27H29N7O2.C27H29N7O/c37-24-8-12-35(13-9-24)19-20-14-22(17-30-16-20)21-4-6-26-25(15-21)28(34-33-26)29(38)32-23-5-7-27(31-18-23)36-10-2-1-3-11-36;36-28(31-22-8-10-26(30-18-22)35-13-5-2-6-14-35)27-24-16-20(7-9-25(24)32-33-27)21-15-23(19-29-17-21)34-11-3-1-4-12-34;35-27(30-21-5-7-25(29-17-21)34-8-2-1-3-9-34)26-23-15-19(4-6-24(23)31-32-26)20-14-22(18-28-16-20)33-10-12-36-13-11-33;35-27(30-22-6-8-25(29-17-22)34-11-2-1-3-12-34)26-23-14-20(5-7-24(23)31-32-26)21-13-19(15-28-16-21)18-33-9-4-10-33/h4-7,14-18,24,37H,1-3,8-13,19H2,(H,32,38)(H,33,34);7-10,15-19H,1-6,11-14H2,(H,31,36)(H,32,33);4-7,14-18H,1-3,8-13H2,(H,30,35)(H,31,32);5-8,13-17H,1-4,9-12,18H2,(H,30,35)(H,31,32). The van der Waals surface area contributed by atoms with E-state index in [1.54, 1.807) is 24.8 Å². The van der Waals surface area contributed by atoms with Crippen LogP contribution in [0.3, 0.4) is 0 Å². The molecule has 9 N–H and O–H groups in total. The Morgan fingerprint density at radius 1 is 0.283 bits per heavy atom. The molecule has 0 aliphatic carbocycles. The van der Waals surface area contributed by atoms with Gasteiger partial charge in [-0.1, -0.05) is 24.3 Å². The van der Waals surface area contributed by atoms with E-state index in [1.807, 2.05) is 171 Å². The molecule has 34 nitrogen and oxygen atoms in total. The van der Waals surface area contributed by atoms with Gasteiger partial charge in [0.05, 0.1) is 113 Å². The summed E-state index contributed by atoms with van der Waals surface area (Å²) in [5.74, 6) is 2.76. The van der Waals surface area contributed by atoms with Crippen LogP contribution < -0.4 is 50.7 Å². The van der Waals surface area contributed by atoms with Gasteiger partial charge in [0, 0.05) is 186 Å². The first-order valence-electron chi connectivity index (χ1n) is 51.4. The number of H-pyrrole nitrogens is 4. The van der Waals surface area contributed by atoms with E-state index in [-0.39, 0.29) is 29.7 Å². The number of amides is 4. The molecule has 0 radical (unpaired) electrons. The maximum atomic E-state index is 13.2. The zero-order chi connectivity index (χ0) is 98.2. The second-order valence-electron chi connectivity index (χ2n) is 38.8. The average molecular weight is 1940 g/mol. The summed E-state index contributed by atoms with van der Waals surface area (Å²) in [5.41, 5.74) is 19.9. The number of rotatable bonds is 22. The highest BCUT2D eigenvalue weighted by Gasteiger charge is 2.27. The normalized spacial score (nSPS) is 16.5. The lowest BCUT2D eigenvalue weighted by atomic mass is 10.0. The predicted octanol–water partition coefficient (Wildman–Crippen LogP) is 18.0. The molecule has 0 atom stereocenters. The summed E-state index contributed by atoms with van der Waals surface area (Å²) in [4.78, 5) is 107. The van der Waals surface area contributed by atoms with E-state index in [2.05, 4.69) is 165 Å². The number of aromatic amines is 4. The molecule has 8 fully saturated rings. The van der Waals surface area contributed by atoms with Gasteiger partial charge >= 0.3 is 0 Å². The van der Waals surface area contributed by atoms with E-state index in [9.17, 15) is 24.3 Å². The highest BCUT2D eigenvalue weighted by Crippen LogP contribution is 2.36. The average Bonchev–Trinajstić information content (AvgIpc) is 1.67. The number of ether oxygens (including phenoxy) is 1. The van der Waals surface area contributed by atoms with Crippen LogP contribution in [0.15, 0.2) is 220 Å². The summed E-state index contributed by atoms with van der Waals surface area (Å²) in [6.45, 7) is 19.4. The predicted molar refractivity (Wildman–Crippen MR) is 570 cm³/mol. The molecular formula is C111H122N28O6. The maximum Gasteiger partial charge on any atom is 0.276 e. The molecule has 0 unspecified atom stereocenters. The van der Waals surface area contributed by atoms with Crippen LogP contribution >= 0.6 is 0 Å². The van der Waals surface area contributed by atoms with Gasteiger partial charge in [-0.2, -0.15) is 20.4 Å². The first-order chi connectivity index (χ1) is 71.3. The number of aromatic nitrogens is 16. The number of carbonyl (C=O) groups excluding carboxylic acids is 4. The molecule has 4 aromatic carbocycles. The lowest BCUT2D eigenvalue weighted by Crippen LogP contribution is -2.36. The molecule has 8 saturated heterocycles. The summed E-state index contributed by atoms with van der Waals surface area (Å²) in [6, 6.07) is 48.1. The van der Waals surface area contributed by atoms with Crippen molar-refractivity contribution in [1.29, 1.82) is 0 Å². The Hall–Kier alpha value is -15.5. The summed E-state index contributed by atoms with van der Waals surface area (Å²) in [5, 5.41) is 53.8. The highest BCUT2D eigenvalue weighted by molar-refractivity contribution is 6.15. The molecule has 0 saturated carbocycles. The van der Waals surface area contributed by atoms with Crippen molar-refractivity contribution >= 4 is 125 Å². The molecule has 12 aromatic heterocycles. The van der Waals surface area contributed by atoms with Crippen LogP contribution in [0.1, 0.15) is 169 Å². The Morgan fingerprint density at radius 2 is 0.566 bits per heavy atom. The summed E-state index contributed by atoms with van der Waals surface area (Å²) < 4.78 is 5.47. The molecule has 145 heavy (non-hydrogen) atoms. The molecule has 20 heterocycles. The second kappa shape index (κ2) is 45.4. The molecule has 24 rings (SSSR count). The van der Waals surface area contributed by atoms with Crippen LogP contribution in [0.4, 0.5) is 57.4 Å². The SMILES string of the molecule is O=C(Nc1ccc(N2CCCCC2)nc1)c1n[nH]c2ccc(-c3cncc(CN4CCC(O)CC4)c3)cc12.O=C(Nc1ccc(N2CCCCC2)nc1)c1n[nH]c2ccc(-c3cncc(CN4CCC4)c3)cc12.O=C(Nc1ccc(N2CCCCC2)nc1)c1n[nH]c2ccc(-c3cncc(N4CCCCC4)c3)cc12.O=C(Nc1ccc(N2CCCCC2)nc1)c1n[nH]c2ccc(-c3cncc(N4CCOCC4)c3)cc12. The van der Waals surface area contributed by atoms with Crippen LogP contribution in [0, 0.1) is 0 Å². The topological polar surface area (TPSA) is 390 Å². The van der Waals surface area contributed by atoms with E-state index < -0.39 is 0 Å². The van der Waals surface area contributed by atoms with Gasteiger partial charge in [-0.05, 0) is 283 Å². The van der Waals surface area contributed by atoms with Gasteiger partial charge < -0.3 is 60.5 Å². The number of fused-ring (bicyclic) bond motifs is 4. The minimum Gasteiger partial charge on any atom is -0.393 e.